The molecule has 2 rings (SSSR count). The van der Waals surface area contributed by atoms with Gasteiger partial charge in [-0.25, -0.2) is 9.97 Å². The van der Waals surface area contributed by atoms with E-state index < -0.39 is 0 Å². The van der Waals surface area contributed by atoms with Gasteiger partial charge in [0.2, 0.25) is 0 Å². The lowest BCUT2D eigenvalue weighted by molar-refractivity contribution is 0.543. The van der Waals surface area contributed by atoms with E-state index in [1.165, 1.54) is 0 Å². The molecule has 2 aromatic heterocycles. The summed E-state index contributed by atoms with van der Waals surface area (Å²) in [5.74, 6) is 2.05. The van der Waals surface area contributed by atoms with E-state index in [-0.39, 0.29) is 0 Å². The summed E-state index contributed by atoms with van der Waals surface area (Å²) in [5.41, 5.74) is 1.90. The van der Waals surface area contributed by atoms with Gasteiger partial charge in [-0.05, 0) is 32.4 Å². The Morgan fingerprint density at radius 3 is 2.50 bits per heavy atom. The number of halogens is 1. The molecule has 84 valence electrons. The maximum absolute atomic E-state index is 6.10. The molecule has 0 bridgehead atoms. The van der Waals surface area contributed by atoms with E-state index >= 15 is 0 Å². The van der Waals surface area contributed by atoms with Crippen LogP contribution in [0.4, 0.5) is 0 Å². The van der Waals surface area contributed by atoms with Gasteiger partial charge in [0.15, 0.2) is 11.6 Å². The van der Waals surface area contributed by atoms with Gasteiger partial charge in [0.1, 0.15) is 10.9 Å². The molecule has 0 atom stereocenters. The quantitative estimate of drug-likeness (QED) is 0.749. The first-order chi connectivity index (χ1) is 7.61. The maximum atomic E-state index is 6.10. The smallest absolute Gasteiger partial charge is 0.197 e. The Morgan fingerprint density at radius 1 is 1.25 bits per heavy atom. The predicted molar refractivity (Wildman–Crippen MR) is 63.6 cm³/mol. The summed E-state index contributed by atoms with van der Waals surface area (Å²) in [7, 11) is 0. The van der Waals surface area contributed by atoms with Crippen LogP contribution in [0.25, 0.3) is 11.6 Å². The molecule has 2 aromatic rings. The van der Waals surface area contributed by atoms with Crippen LogP contribution in [0.2, 0.25) is 5.15 Å². The molecular formula is C12H13ClN2O. The lowest BCUT2D eigenvalue weighted by Gasteiger charge is -2.05. The van der Waals surface area contributed by atoms with E-state index in [1.807, 2.05) is 32.9 Å². The molecule has 2 heterocycles. The Hall–Kier alpha value is -1.35. The van der Waals surface area contributed by atoms with Gasteiger partial charge in [-0.15, -0.1) is 0 Å². The lowest BCUT2D eigenvalue weighted by atomic mass is 10.2. The highest BCUT2D eigenvalue weighted by Gasteiger charge is 2.12. The molecule has 0 aromatic carbocycles. The summed E-state index contributed by atoms with van der Waals surface area (Å²) in [6.45, 7) is 5.86. The minimum absolute atomic E-state index is 0.513. The van der Waals surface area contributed by atoms with Crippen molar-refractivity contribution in [1.82, 2.24) is 9.97 Å². The van der Waals surface area contributed by atoms with E-state index in [1.54, 1.807) is 0 Å². The minimum atomic E-state index is 0.513. The van der Waals surface area contributed by atoms with Gasteiger partial charge < -0.3 is 4.42 Å². The fourth-order valence-corrected chi connectivity index (χ4v) is 1.98. The van der Waals surface area contributed by atoms with Crippen LogP contribution < -0.4 is 0 Å². The van der Waals surface area contributed by atoms with Crippen molar-refractivity contribution in [3.05, 3.63) is 34.3 Å². The van der Waals surface area contributed by atoms with Crippen molar-refractivity contribution in [3.63, 3.8) is 0 Å². The van der Waals surface area contributed by atoms with Crippen molar-refractivity contribution in [2.75, 3.05) is 0 Å². The number of aromatic nitrogens is 2. The van der Waals surface area contributed by atoms with Crippen LogP contribution in [-0.2, 0) is 6.42 Å². The summed E-state index contributed by atoms with van der Waals surface area (Å²) in [5, 5.41) is 0.513. The number of furan rings is 1. The highest BCUT2D eigenvalue weighted by atomic mass is 35.5. The number of aryl methyl sites for hydroxylation is 2. The average Bonchev–Trinajstić information content (AvgIpc) is 2.64. The summed E-state index contributed by atoms with van der Waals surface area (Å²) < 4.78 is 5.47. The van der Waals surface area contributed by atoms with Gasteiger partial charge in [-0.3, -0.25) is 0 Å². The first-order valence-electron chi connectivity index (χ1n) is 5.21. The van der Waals surface area contributed by atoms with Gasteiger partial charge in [0.25, 0.3) is 0 Å². The van der Waals surface area contributed by atoms with E-state index in [4.69, 9.17) is 16.0 Å². The predicted octanol–water partition coefficient (Wildman–Crippen LogP) is 3.57. The van der Waals surface area contributed by atoms with Crippen LogP contribution >= 0.6 is 11.6 Å². The Bertz CT molecular complexity index is 496. The van der Waals surface area contributed by atoms with Crippen molar-refractivity contribution in [2.24, 2.45) is 0 Å². The van der Waals surface area contributed by atoms with Crippen molar-refractivity contribution < 1.29 is 4.42 Å². The Labute approximate surface area is 99.5 Å². The maximum Gasteiger partial charge on any atom is 0.197 e. The normalized spacial score (nSPS) is 10.8. The largest absolute Gasteiger partial charge is 0.458 e. The van der Waals surface area contributed by atoms with Crippen molar-refractivity contribution in [2.45, 2.75) is 27.2 Å². The molecule has 0 amide bonds. The summed E-state index contributed by atoms with van der Waals surface area (Å²) in [4.78, 5) is 8.65. The summed E-state index contributed by atoms with van der Waals surface area (Å²) >= 11 is 6.10. The topological polar surface area (TPSA) is 38.9 Å². The first kappa shape index (κ1) is 11.1. The fourth-order valence-electron chi connectivity index (χ4n) is 1.63. The molecule has 0 aliphatic heterocycles. The number of rotatable bonds is 2. The summed E-state index contributed by atoms with van der Waals surface area (Å²) in [6, 6.07) is 3.74. The third-order valence-corrected chi connectivity index (χ3v) is 2.79. The molecule has 4 heteroatoms. The highest BCUT2D eigenvalue weighted by molar-refractivity contribution is 6.30. The highest BCUT2D eigenvalue weighted by Crippen LogP contribution is 2.23. The molecular weight excluding hydrogens is 224 g/mol. The van der Waals surface area contributed by atoms with Crippen LogP contribution in [0.5, 0.6) is 0 Å². The second-order valence-electron chi connectivity index (χ2n) is 3.67. The van der Waals surface area contributed by atoms with Gasteiger partial charge >= 0.3 is 0 Å². The van der Waals surface area contributed by atoms with Gasteiger partial charge in [-0.1, -0.05) is 18.5 Å². The zero-order chi connectivity index (χ0) is 11.7. The average molecular weight is 237 g/mol. The second kappa shape index (κ2) is 4.26. The van der Waals surface area contributed by atoms with Crippen LogP contribution in [-0.4, -0.2) is 9.97 Å². The van der Waals surface area contributed by atoms with E-state index in [2.05, 4.69) is 9.97 Å². The van der Waals surface area contributed by atoms with Crippen LogP contribution in [0, 0.1) is 13.8 Å². The molecule has 0 unspecified atom stereocenters. The van der Waals surface area contributed by atoms with Gasteiger partial charge in [0.05, 0.1) is 0 Å². The molecule has 3 nitrogen and oxygen atoms in total. The first-order valence-corrected chi connectivity index (χ1v) is 5.59. The lowest BCUT2D eigenvalue weighted by Crippen LogP contribution is -1.98. The molecule has 0 saturated heterocycles. The van der Waals surface area contributed by atoms with Crippen LogP contribution in [0.3, 0.4) is 0 Å². The van der Waals surface area contributed by atoms with E-state index in [9.17, 15) is 0 Å². The standard InChI is InChI=1S/C12H13ClN2O/c1-4-9-8(3)14-12(15-11(9)13)10-6-5-7(2)16-10/h5-6H,4H2,1-3H3. The molecule has 0 N–H and O–H groups in total. The molecule has 0 aliphatic carbocycles. The SMILES string of the molecule is CCc1c(C)nc(-c2ccc(C)o2)nc1Cl. The van der Waals surface area contributed by atoms with E-state index in [0.717, 1.165) is 23.4 Å². The van der Waals surface area contributed by atoms with Gasteiger partial charge in [-0.2, -0.15) is 0 Å². The third-order valence-electron chi connectivity index (χ3n) is 2.48. The zero-order valence-corrected chi connectivity index (χ0v) is 10.3. The second-order valence-corrected chi connectivity index (χ2v) is 4.02. The Kier molecular flexibility index (Phi) is 2.97. The van der Waals surface area contributed by atoms with Gasteiger partial charge in [0, 0.05) is 11.3 Å². The molecule has 0 radical (unpaired) electrons. The van der Waals surface area contributed by atoms with Crippen molar-refractivity contribution in [1.29, 1.82) is 0 Å². The third kappa shape index (κ3) is 1.95. The number of hydrogen-bond acceptors (Lipinski definition) is 3. The Balaban J connectivity index is 2.52. The minimum Gasteiger partial charge on any atom is -0.458 e. The molecule has 0 saturated carbocycles. The molecule has 0 fully saturated rings. The number of nitrogens with zero attached hydrogens (tertiary/aromatic N) is 2. The summed E-state index contributed by atoms with van der Waals surface area (Å²) in [6.07, 6.45) is 0.835. The van der Waals surface area contributed by atoms with Crippen molar-refractivity contribution in [3.8, 4) is 11.6 Å². The molecule has 0 aliphatic rings. The zero-order valence-electron chi connectivity index (χ0n) is 9.54. The van der Waals surface area contributed by atoms with Crippen LogP contribution in [0.1, 0.15) is 23.9 Å². The van der Waals surface area contributed by atoms with Crippen LogP contribution in [0.15, 0.2) is 16.5 Å². The Morgan fingerprint density at radius 2 is 2.00 bits per heavy atom. The number of hydrogen-bond donors (Lipinski definition) is 0. The van der Waals surface area contributed by atoms with E-state index in [0.29, 0.717) is 16.7 Å². The molecule has 16 heavy (non-hydrogen) atoms. The fraction of sp³-hybridized carbons (Fsp3) is 0.333. The monoisotopic (exact) mass is 236 g/mol. The molecule has 0 spiro atoms. The van der Waals surface area contributed by atoms with Crippen molar-refractivity contribution >= 4 is 11.6 Å².